The van der Waals surface area contributed by atoms with E-state index in [4.69, 9.17) is 4.74 Å². The molecule has 1 heteroatoms. The molecule has 0 heterocycles. The molecule has 0 aliphatic carbocycles. The zero-order valence-electron chi connectivity index (χ0n) is 11.0. The zero-order chi connectivity index (χ0) is 12.8. The molecule has 0 spiro atoms. The molecule has 1 unspecified atom stereocenters. The normalized spacial score (nSPS) is 12.6. The fourth-order valence-electron chi connectivity index (χ4n) is 2.41. The van der Waals surface area contributed by atoms with Crippen molar-refractivity contribution in [2.24, 2.45) is 0 Å². The second kappa shape index (κ2) is 6.36. The van der Waals surface area contributed by atoms with E-state index in [2.05, 4.69) is 67.6 Å². The van der Waals surface area contributed by atoms with Crippen molar-refractivity contribution in [2.75, 3.05) is 6.61 Å². The highest BCUT2D eigenvalue weighted by molar-refractivity contribution is 5.33. The third kappa shape index (κ3) is 2.99. The number of ether oxygens (including phenoxy) is 1. The molecular formula is C17H20O. The van der Waals surface area contributed by atoms with Gasteiger partial charge in [0.15, 0.2) is 0 Å². The van der Waals surface area contributed by atoms with E-state index in [0.29, 0.717) is 5.92 Å². The van der Waals surface area contributed by atoms with E-state index in [0.717, 1.165) is 6.61 Å². The van der Waals surface area contributed by atoms with E-state index < -0.39 is 0 Å². The van der Waals surface area contributed by atoms with Gasteiger partial charge in [-0.05, 0) is 25.0 Å². The van der Waals surface area contributed by atoms with Gasteiger partial charge >= 0.3 is 0 Å². The zero-order valence-corrected chi connectivity index (χ0v) is 11.0. The van der Waals surface area contributed by atoms with Crippen LogP contribution in [0.25, 0.3) is 0 Å². The fraction of sp³-hybridized carbons (Fsp3) is 0.294. The van der Waals surface area contributed by atoms with Crippen molar-refractivity contribution in [2.45, 2.75) is 25.9 Å². The molecule has 0 amide bonds. The minimum atomic E-state index is 0.180. The summed E-state index contributed by atoms with van der Waals surface area (Å²) in [5, 5.41) is 0. The Morgan fingerprint density at radius 3 is 1.67 bits per heavy atom. The minimum absolute atomic E-state index is 0.180. The summed E-state index contributed by atoms with van der Waals surface area (Å²) in [5.41, 5.74) is 2.62. The van der Waals surface area contributed by atoms with Crippen LogP contribution in [-0.4, -0.2) is 12.7 Å². The smallest absolute Gasteiger partial charge is 0.0655 e. The van der Waals surface area contributed by atoms with Crippen LogP contribution in [0.4, 0.5) is 0 Å². The van der Waals surface area contributed by atoms with Crippen molar-refractivity contribution in [1.82, 2.24) is 0 Å². The average Bonchev–Trinajstić information content (AvgIpc) is 2.42. The van der Waals surface area contributed by atoms with Gasteiger partial charge in [-0.1, -0.05) is 60.7 Å². The molecule has 2 aromatic carbocycles. The number of benzene rings is 2. The second-order valence-corrected chi connectivity index (χ2v) is 4.46. The van der Waals surface area contributed by atoms with Crippen molar-refractivity contribution in [1.29, 1.82) is 0 Å². The third-order valence-electron chi connectivity index (χ3n) is 3.22. The maximum atomic E-state index is 5.81. The summed E-state index contributed by atoms with van der Waals surface area (Å²) in [4.78, 5) is 0. The van der Waals surface area contributed by atoms with E-state index in [1.807, 2.05) is 6.92 Å². The van der Waals surface area contributed by atoms with Gasteiger partial charge < -0.3 is 4.74 Å². The summed E-state index contributed by atoms with van der Waals surface area (Å²) < 4.78 is 5.81. The molecule has 18 heavy (non-hydrogen) atoms. The molecule has 0 N–H and O–H groups in total. The maximum Gasteiger partial charge on any atom is 0.0655 e. The van der Waals surface area contributed by atoms with Crippen molar-refractivity contribution < 1.29 is 4.74 Å². The van der Waals surface area contributed by atoms with Gasteiger partial charge in [0.25, 0.3) is 0 Å². The number of rotatable bonds is 5. The summed E-state index contributed by atoms with van der Waals surface area (Å²) in [6.45, 7) is 4.94. The Morgan fingerprint density at radius 1 is 0.833 bits per heavy atom. The Morgan fingerprint density at radius 2 is 1.28 bits per heavy atom. The summed E-state index contributed by atoms with van der Waals surface area (Å²) in [7, 11) is 0. The summed E-state index contributed by atoms with van der Waals surface area (Å²) in [6, 6.07) is 21.1. The molecule has 2 aromatic rings. The van der Waals surface area contributed by atoms with Gasteiger partial charge in [-0.25, -0.2) is 0 Å². The van der Waals surface area contributed by atoms with Crippen LogP contribution in [0.15, 0.2) is 60.7 Å². The van der Waals surface area contributed by atoms with Gasteiger partial charge in [-0.2, -0.15) is 0 Å². The second-order valence-electron chi connectivity index (χ2n) is 4.46. The lowest BCUT2D eigenvalue weighted by atomic mass is 9.87. The largest absolute Gasteiger partial charge is 0.378 e. The van der Waals surface area contributed by atoms with Gasteiger partial charge in [-0.3, -0.25) is 0 Å². The molecule has 0 saturated carbocycles. The van der Waals surface area contributed by atoms with Gasteiger partial charge in [0.05, 0.1) is 6.10 Å². The van der Waals surface area contributed by atoms with Crippen molar-refractivity contribution in [3.63, 3.8) is 0 Å². The average molecular weight is 240 g/mol. The highest BCUT2D eigenvalue weighted by atomic mass is 16.5. The summed E-state index contributed by atoms with van der Waals surface area (Å²) >= 11 is 0. The quantitative estimate of drug-likeness (QED) is 0.759. The standard InChI is InChI=1S/C17H20O/c1-3-18-14(2)17(15-10-6-4-7-11-15)16-12-8-5-9-13-16/h4-14,17H,3H2,1-2H3. The Balaban J connectivity index is 2.35. The van der Waals surface area contributed by atoms with Gasteiger partial charge in [0.2, 0.25) is 0 Å². The lowest BCUT2D eigenvalue weighted by Gasteiger charge is -2.25. The van der Waals surface area contributed by atoms with E-state index in [1.54, 1.807) is 0 Å². The molecule has 94 valence electrons. The highest BCUT2D eigenvalue weighted by Crippen LogP contribution is 2.29. The van der Waals surface area contributed by atoms with E-state index >= 15 is 0 Å². The number of hydrogen-bond acceptors (Lipinski definition) is 1. The molecule has 0 aromatic heterocycles. The topological polar surface area (TPSA) is 9.23 Å². The van der Waals surface area contributed by atoms with E-state index in [-0.39, 0.29) is 6.10 Å². The van der Waals surface area contributed by atoms with E-state index in [9.17, 15) is 0 Å². The van der Waals surface area contributed by atoms with Crippen LogP contribution in [0.1, 0.15) is 30.9 Å². The SMILES string of the molecule is CCOC(C)C(c1ccccc1)c1ccccc1. The monoisotopic (exact) mass is 240 g/mol. The summed E-state index contributed by atoms with van der Waals surface area (Å²) in [5.74, 6) is 0.298. The Kier molecular flexibility index (Phi) is 4.54. The van der Waals surface area contributed by atoms with Gasteiger partial charge in [0.1, 0.15) is 0 Å². The minimum Gasteiger partial charge on any atom is -0.378 e. The van der Waals surface area contributed by atoms with Crippen LogP contribution in [-0.2, 0) is 4.74 Å². The Hall–Kier alpha value is -1.60. The fourth-order valence-corrected chi connectivity index (χ4v) is 2.41. The Labute approximate surface area is 109 Å². The predicted molar refractivity (Wildman–Crippen MR) is 75.8 cm³/mol. The first kappa shape index (κ1) is 12.8. The lowest BCUT2D eigenvalue weighted by Crippen LogP contribution is -2.20. The molecule has 0 radical (unpaired) electrons. The van der Waals surface area contributed by atoms with Crippen LogP contribution >= 0.6 is 0 Å². The molecule has 0 bridgehead atoms. The first-order valence-corrected chi connectivity index (χ1v) is 6.54. The van der Waals surface area contributed by atoms with Crippen LogP contribution in [0.3, 0.4) is 0 Å². The summed E-state index contributed by atoms with van der Waals surface area (Å²) in [6.07, 6.45) is 0.180. The molecular weight excluding hydrogens is 220 g/mol. The molecule has 0 saturated heterocycles. The molecule has 2 rings (SSSR count). The first-order chi connectivity index (χ1) is 8.83. The van der Waals surface area contributed by atoms with Gasteiger partial charge in [-0.15, -0.1) is 0 Å². The Bertz CT molecular complexity index is 410. The molecule has 0 aliphatic rings. The molecule has 1 atom stereocenters. The van der Waals surface area contributed by atoms with Crippen molar-refractivity contribution >= 4 is 0 Å². The number of hydrogen-bond donors (Lipinski definition) is 0. The lowest BCUT2D eigenvalue weighted by molar-refractivity contribution is 0.0649. The maximum absolute atomic E-state index is 5.81. The molecule has 1 nitrogen and oxygen atoms in total. The van der Waals surface area contributed by atoms with Crippen LogP contribution < -0.4 is 0 Å². The highest BCUT2D eigenvalue weighted by Gasteiger charge is 2.21. The van der Waals surface area contributed by atoms with E-state index in [1.165, 1.54) is 11.1 Å². The van der Waals surface area contributed by atoms with Crippen LogP contribution in [0.2, 0.25) is 0 Å². The van der Waals surface area contributed by atoms with Crippen LogP contribution in [0, 0.1) is 0 Å². The predicted octanol–water partition coefficient (Wildman–Crippen LogP) is 4.24. The van der Waals surface area contributed by atoms with Crippen molar-refractivity contribution in [3.8, 4) is 0 Å². The van der Waals surface area contributed by atoms with Crippen molar-refractivity contribution in [3.05, 3.63) is 71.8 Å². The molecule has 0 aliphatic heterocycles. The third-order valence-corrected chi connectivity index (χ3v) is 3.22. The molecule has 0 fully saturated rings. The van der Waals surface area contributed by atoms with Crippen LogP contribution in [0.5, 0.6) is 0 Å². The first-order valence-electron chi connectivity index (χ1n) is 6.54. The van der Waals surface area contributed by atoms with Gasteiger partial charge in [0, 0.05) is 12.5 Å².